The van der Waals surface area contributed by atoms with E-state index in [9.17, 15) is 9.18 Å². The Balaban J connectivity index is 2.20. The van der Waals surface area contributed by atoms with Crippen LogP contribution in [0.1, 0.15) is 0 Å². The second kappa shape index (κ2) is 3.76. The van der Waals surface area contributed by atoms with Crippen LogP contribution < -0.4 is 14.8 Å². The van der Waals surface area contributed by atoms with E-state index in [1.165, 1.54) is 25.2 Å². The predicted octanol–water partition coefficient (Wildman–Crippen LogP) is 0.711. The Hall–Kier alpha value is -1.78. The molecule has 1 aromatic rings. The average molecular weight is 211 g/mol. The lowest BCUT2D eigenvalue weighted by atomic mass is 10.2. The Morgan fingerprint density at radius 2 is 2.33 bits per heavy atom. The van der Waals surface area contributed by atoms with Gasteiger partial charge in [-0.15, -0.1) is 0 Å². The molecule has 0 radical (unpaired) electrons. The molecule has 1 unspecified atom stereocenters. The van der Waals surface area contributed by atoms with Crippen molar-refractivity contribution < 1.29 is 18.7 Å². The summed E-state index contributed by atoms with van der Waals surface area (Å²) in [5.41, 5.74) is 0. The SMILES string of the molecule is CNC(=O)C1COc2cc(F)ccc2O1. The van der Waals surface area contributed by atoms with Crippen LogP contribution in [0.2, 0.25) is 0 Å². The lowest BCUT2D eigenvalue weighted by molar-refractivity contribution is -0.129. The third kappa shape index (κ3) is 1.86. The highest BCUT2D eigenvalue weighted by Crippen LogP contribution is 2.31. The monoisotopic (exact) mass is 211 g/mol. The molecule has 1 aliphatic heterocycles. The van der Waals surface area contributed by atoms with Crippen LogP contribution in [-0.2, 0) is 4.79 Å². The van der Waals surface area contributed by atoms with E-state index < -0.39 is 11.9 Å². The molecule has 0 saturated carbocycles. The minimum atomic E-state index is -0.673. The second-order valence-corrected chi connectivity index (χ2v) is 3.12. The van der Waals surface area contributed by atoms with Crippen LogP contribution in [0.3, 0.4) is 0 Å². The number of halogens is 1. The molecule has 0 aliphatic carbocycles. The van der Waals surface area contributed by atoms with Crippen molar-refractivity contribution in [2.45, 2.75) is 6.10 Å². The summed E-state index contributed by atoms with van der Waals surface area (Å²) >= 11 is 0. The van der Waals surface area contributed by atoms with Crippen molar-refractivity contribution in [1.29, 1.82) is 0 Å². The van der Waals surface area contributed by atoms with E-state index in [-0.39, 0.29) is 12.5 Å². The van der Waals surface area contributed by atoms with Crippen molar-refractivity contribution in [2.24, 2.45) is 0 Å². The van der Waals surface area contributed by atoms with Gasteiger partial charge in [-0.3, -0.25) is 4.79 Å². The topological polar surface area (TPSA) is 47.6 Å². The fourth-order valence-electron chi connectivity index (χ4n) is 1.34. The molecule has 80 valence electrons. The number of likely N-dealkylation sites (N-methyl/N-ethyl adjacent to an activating group) is 1. The van der Waals surface area contributed by atoms with E-state index in [2.05, 4.69) is 5.32 Å². The normalized spacial score (nSPS) is 18.4. The van der Waals surface area contributed by atoms with E-state index in [1.54, 1.807) is 0 Å². The maximum absolute atomic E-state index is 12.8. The predicted molar refractivity (Wildman–Crippen MR) is 50.4 cm³/mol. The Bertz CT molecular complexity index is 394. The largest absolute Gasteiger partial charge is 0.485 e. The number of nitrogens with one attached hydrogen (secondary N) is 1. The van der Waals surface area contributed by atoms with Gasteiger partial charge in [-0.25, -0.2) is 4.39 Å². The first kappa shape index (κ1) is 9.76. The average Bonchev–Trinajstić information content (AvgIpc) is 2.27. The lowest BCUT2D eigenvalue weighted by Crippen LogP contribution is -2.42. The second-order valence-electron chi connectivity index (χ2n) is 3.12. The van der Waals surface area contributed by atoms with Crippen molar-refractivity contribution in [3.63, 3.8) is 0 Å². The highest BCUT2D eigenvalue weighted by Gasteiger charge is 2.26. The van der Waals surface area contributed by atoms with Crippen molar-refractivity contribution >= 4 is 5.91 Å². The number of amides is 1. The van der Waals surface area contributed by atoms with Crippen LogP contribution >= 0.6 is 0 Å². The van der Waals surface area contributed by atoms with E-state index in [4.69, 9.17) is 9.47 Å². The molecular formula is C10H10FNO3. The third-order valence-electron chi connectivity index (χ3n) is 2.10. The van der Waals surface area contributed by atoms with E-state index >= 15 is 0 Å². The highest BCUT2D eigenvalue weighted by atomic mass is 19.1. The summed E-state index contributed by atoms with van der Waals surface area (Å²) in [7, 11) is 1.52. The zero-order valence-corrected chi connectivity index (χ0v) is 8.12. The Morgan fingerprint density at radius 3 is 3.07 bits per heavy atom. The molecule has 1 aliphatic rings. The third-order valence-corrected chi connectivity index (χ3v) is 2.10. The molecule has 4 nitrogen and oxygen atoms in total. The molecule has 1 heterocycles. The number of rotatable bonds is 1. The van der Waals surface area contributed by atoms with Gasteiger partial charge in [0.2, 0.25) is 6.10 Å². The van der Waals surface area contributed by atoms with Crippen molar-refractivity contribution in [2.75, 3.05) is 13.7 Å². The number of hydrogen-bond donors (Lipinski definition) is 1. The standard InChI is InChI=1S/C10H10FNO3/c1-12-10(13)9-5-14-8-4-6(11)2-3-7(8)15-9/h2-4,9H,5H2,1H3,(H,12,13). The number of carbonyl (C=O) groups excluding carboxylic acids is 1. The van der Waals surface area contributed by atoms with Crippen LogP contribution in [0.15, 0.2) is 18.2 Å². The quantitative estimate of drug-likeness (QED) is 0.744. The van der Waals surface area contributed by atoms with Gasteiger partial charge in [0, 0.05) is 13.1 Å². The maximum atomic E-state index is 12.8. The van der Waals surface area contributed by atoms with Crippen LogP contribution in [0.5, 0.6) is 11.5 Å². The first-order valence-electron chi connectivity index (χ1n) is 4.51. The van der Waals surface area contributed by atoms with Crippen LogP contribution in [0, 0.1) is 5.82 Å². The van der Waals surface area contributed by atoms with Gasteiger partial charge in [-0.05, 0) is 12.1 Å². The summed E-state index contributed by atoms with van der Waals surface area (Å²) in [4.78, 5) is 11.3. The molecule has 0 fully saturated rings. The van der Waals surface area contributed by atoms with Crippen molar-refractivity contribution in [3.05, 3.63) is 24.0 Å². The summed E-state index contributed by atoms with van der Waals surface area (Å²) in [6, 6.07) is 3.93. The zero-order valence-electron chi connectivity index (χ0n) is 8.12. The summed E-state index contributed by atoms with van der Waals surface area (Å²) in [5, 5.41) is 2.46. The molecule has 1 atom stereocenters. The Labute approximate surface area is 86.0 Å². The number of carbonyl (C=O) groups is 1. The fraction of sp³-hybridized carbons (Fsp3) is 0.300. The van der Waals surface area contributed by atoms with Crippen molar-refractivity contribution in [1.82, 2.24) is 5.32 Å². The van der Waals surface area contributed by atoms with Gasteiger partial charge in [-0.2, -0.15) is 0 Å². The number of benzene rings is 1. The number of fused-ring (bicyclic) bond motifs is 1. The molecule has 1 amide bonds. The van der Waals surface area contributed by atoms with Gasteiger partial charge in [0.25, 0.3) is 5.91 Å². The highest BCUT2D eigenvalue weighted by molar-refractivity contribution is 5.81. The van der Waals surface area contributed by atoms with Gasteiger partial charge in [0.1, 0.15) is 12.4 Å². The molecule has 0 bridgehead atoms. The molecular weight excluding hydrogens is 201 g/mol. The number of ether oxygens (including phenoxy) is 2. The van der Waals surface area contributed by atoms with Gasteiger partial charge in [-0.1, -0.05) is 0 Å². The minimum absolute atomic E-state index is 0.0934. The Kier molecular flexibility index (Phi) is 2.45. The molecule has 5 heteroatoms. The smallest absolute Gasteiger partial charge is 0.264 e. The zero-order chi connectivity index (χ0) is 10.8. The summed E-state index contributed by atoms with van der Waals surface area (Å²) < 4.78 is 23.4. The van der Waals surface area contributed by atoms with E-state index in [0.29, 0.717) is 11.5 Å². The molecule has 1 aromatic carbocycles. The van der Waals surface area contributed by atoms with Crippen molar-refractivity contribution in [3.8, 4) is 11.5 Å². The lowest BCUT2D eigenvalue weighted by Gasteiger charge is -2.25. The van der Waals surface area contributed by atoms with E-state index in [0.717, 1.165) is 0 Å². The molecule has 0 saturated heterocycles. The van der Waals surface area contributed by atoms with Gasteiger partial charge in [0.15, 0.2) is 11.5 Å². The number of hydrogen-bond acceptors (Lipinski definition) is 3. The Morgan fingerprint density at radius 1 is 1.53 bits per heavy atom. The first-order chi connectivity index (χ1) is 7.20. The van der Waals surface area contributed by atoms with Gasteiger partial charge < -0.3 is 14.8 Å². The summed E-state index contributed by atoms with van der Waals surface area (Å²) in [6.07, 6.45) is -0.673. The van der Waals surface area contributed by atoms with Crippen LogP contribution in [0.4, 0.5) is 4.39 Å². The maximum Gasteiger partial charge on any atom is 0.264 e. The molecule has 0 aromatic heterocycles. The summed E-state index contributed by atoms with van der Waals surface area (Å²) in [5.74, 6) is 0.0621. The van der Waals surface area contributed by atoms with Gasteiger partial charge >= 0.3 is 0 Å². The first-order valence-corrected chi connectivity index (χ1v) is 4.51. The summed E-state index contributed by atoms with van der Waals surface area (Å²) in [6.45, 7) is 0.0934. The molecule has 15 heavy (non-hydrogen) atoms. The molecule has 0 spiro atoms. The molecule has 1 N–H and O–H groups in total. The van der Waals surface area contributed by atoms with Crippen LogP contribution in [0.25, 0.3) is 0 Å². The minimum Gasteiger partial charge on any atom is -0.485 e. The fourth-order valence-corrected chi connectivity index (χ4v) is 1.34. The van der Waals surface area contributed by atoms with Crippen LogP contribution in [-0.4, -0.2) is 25.7 Å². The van der Waals surface area contributed by atoms with E-state index in [1.807, 2.05) is 0 Å². The van der Waals surface area contributed by atoms with Gasteiger partial charge in [0.05, 0.1) is 0 Å². The molecule has 2 rings (SSSR count).